The van der Waals surface area contributed by atoms with Crippen LogP contribution in [0.15, 0.2) is 16.7 Å². The van der Waals surface area contributed by atoms with E-state index in [0.29, 0.717) is 5.02 Å². The normalized spacial score (nSPS) is 11.6. The second kappa shape index (κ2) is 4.71. The van der Waals surface area contributed by atoms with Crippen LogP contribution in [0.5, 0.6) is 0 Å². The van der Waals surface area contributed by atoms with Crippen molar-refractivity contribution in [2.75, 3.05) is 11.9 Å². The van der Waals surface area contributed by atoms with Gasteiger partial charge in [0.25, 0.3) is 0 Å². The lowest BCUT2D eigenvalue weighted by atomic mass is 10.00. The van der Waals surface area contributed by atoms with Crippen LogP contribution < -0.4 is 4.90 Å². The topological polar surface area (TPSA) is 16.1 Å². The summed E-state index contributed by atoms with van der Waals surface area (Å²) in [6.45, 7) is 6.55. The van der Waals surface area contributed by atoms with Crippen LogP contribution in [0.25, 0.3) is 0 Å². The van der Waals surface area contributed by atoms with Gasteiger partial charge in [0.05, 0.1) is 9.50 Å². The van der Waals surface area contributed by atoms with E-state index in [1.165, 1.54) is 0 Å². The Morgan fingerprint density at radius 1 is 1.53 bits per heavy atom. The molecule has 0 bridgehead atoms. The number of hydrogen-bond acceptors (Lipinski definition) is 2. The first-order chi connectivity index (χ1) is 6.88. The number of rotatable bonds is 3. The van der Waals surface area contributed by atoms with Crippen molar-refractivity contribution in [1.29, 1.82) is 0 Å². The maximum Gasteiger partial charge on any atom is 0.143 e. The minimum absolute atomic E-state index is 0.0867. The monoisotopic (exact) mass is 290 g/mol. The number of anilines is 1. The van der Waals surface area contributed by atoms with Gasteiger partial charge in [-0.15, -0.1) is 0 Å². The molecule has 0 radical (unpaired) electrons. The first-order valence-electron chi connectivity index (χ1n) is 4.93. The maximum atomic E-state index is 5.86. The molecule has 0 aliphatic carbocycles. The number of pyridine rings is 1. The lowest BCUT2D eigenvalue weighted by Gasteiger charge is -2.36. The highest BCUT2D eigenvalue weighted by Crippen LogP contribution is 2.30. The van der Waals surface area contributed by atoms with Gasteiger partial charge in [-0.3, -0.25) is 0 Å². The fraction of sp³-hybridized carbons (Fsp3) is 0.545. The second-order valence-corrected chi connectivity index (χ2v) is 5.47. The summed E-state index contributed by atoms with van der Waals surface area (Å²) < 4.78 is 0.930. The van der Waals surface area contributed by atoms with Gasteiger partial charge in [-0.1, -0.05) is 18.5 Å². The van der Waals surface area contributed by atoms with Crippen LogP contribution in [0.1, 0.15) is 27.2 Å². The number of hydrogen-bond donors (Lipinski definition) is 0. The standard InChI is InChI=1S/C11H16BrClN2/c1-5-11(2,3)15(4)10-9(12)6-8(13)7-14-10/h6-7H,5H2,1-4H3. The van der Waals surface area contributed by atoms with E-state index in [-0.39, 0.29) is 5.54 Å². The molecule has 0 unspecified atom stereocenters. The van der Waals surface area contributed by atoms with Gasteiger partial charge in [0.15, 0.2) is 0 Å². The van der Waals surface area contributed by atoms with Gasteiger partial charge in [0, 0.05) is 18.8 Å². The summed E-state index contributed by atoms with van der Waals surface area (Å²) in [5.41, 5.74) is 0.0867. The van der Waals surface area contributed by atoms with E-state index >= 15 is 0 Å². The van der Waals surface area contributed by atoms with Gasteiger partial charge in [-0.2, -0.15) is 0 Å². The number of halogens is 2. The molecular formula is C11H16BrClN2. The zero-order valence-corrected chi connectivity index (χ0v) is 11.9. The van der Waals surface area contributed by atoms with Crippen LogP contribution in [-0.4, -0.2) is 17.6 Å². The summed E-state index contributed by atoms with van der Waals surface area (Å²) >= 11 is 9.34. The van der Waals surface area contributed by atoms with Gasteiger partial charge >= 0.3 is 0 Å². The molecule has 0 fully saturated rings. The third kappa shape index (κ3) is 2.85. The predicted octanol–water partition coefficient (Wildman–Crippen LogP) is 4.12. The molecular weight excluding hydrogens is 275 g/mol. The van der Waals surface area contributed by atoms with Crippen LogP contribution in [0.2, 0.25) is 5.02 Å². The highest BCUT2D eigenvalue weighted by Gasteiger charge is 2.23. The van der Waals surface area contributed by atoms with Crippen molar-refractivity contribution in [3.63, 3.8) is 0 Å². The summed E-state index contributed by atoms with van der Waals surface area (Å²) in [5.74, 6) is 0.922. The average molecular weight is 292 g/mol. The average Bonchev–Trinajstić information content (AvgIpc) is 2.17. The van der Waals surface area contributed by atoms with Gasteiger partial charge in [-0.25, -0.2) is 4.98 Å². The van der Waals surface area contributed by atoms with E-state index in [4.69, 9.17) is 11.6 Å². The third-order valence-electron chi connectivity index (χ3n) is 2.88. The van der Waals surface area contributed by atoms with E-state index in [9.17, 15) is 0 Å². The Labute approximate surface area is 105 Å². The second-order valence-electron chi connectivity index (χ2n) is 4.18. The summed E-state index contributed by atoms with van der Waals surface area (Å²) in [5, 5.41) is 0.647. The third-order valence-corrected chi connectivity index (χ3v) is 3.67. The summed E-state index contributed by atoms with van der Waals surface area (Å²) in [7, 11) is 2.05. The molecule has 2 nitrogen and oxygen atoms in total. The molecule has 0 atom stereocenters. The van der Waals surface area contributed by atoms with Gasteiger partial charge in [0.1, 0.15) is 5.82 Å². The zero-order chi connectivity index (χ0) is 11.6. The highest BCUT2D eigenvalue weighted by molar-refractivity contribution is 9.10. The van der Waals surface area contributed by atoms with Crippen molar-refractivity contribution in [2.45, 2.75) is 32.7 Å². The van der Waals surface area contributed by atoms with E-state index < -0.39 is 0 Å². The van der Waals surface area contributed by atoms with Crippen molar-refractivity contribution in [2.24, 2.45) is 0 Å². The van der Waals surface area contributed by atoms with Gasteiger partial charge in [0.2, 0.25) is 0 Å². The molecule has 0 N–H and O–H groups in total. The Balaban J connectivity index is 3.06. The molecule has 0 aromatic carbocycles. The summed E-state index contributed by atoms with van der Waals surface area (Å²) in [6.07, 6.45) is 2.73. The lowest BCUT2D eigenvalue weighted by Crippen LogP contribution is -2.41. The Morgan fingerprint density at radius 3 is 2.60 bits per heavy atom. The molecule has 0 aliphatic rings. The van der Waals surface area contributed by atoms with E-state index in [1.807, 2.05) is 13.1 Å². The van der Waals surface area contributed by atoms with Crippen LogP contribution in [-0.2, 0) is 0 Å². The molecule has 0 amide bonds. The zero-order valence-electron chi connectivity index (χ0n) is 9.51. The Bertz CT molecular complexity index is 352. The Kier molecular flexibility index (Phi) is 4.01. The smallest absolute Gasteiger partial charge is 0.143 e. The maximum absolute atomic E-state index is 5.86. The predicted molar refractivity (Wildman–Crippen MR) is 69.7 cm³/mol. The van der Waals surface area contributed by atoms with Crippen molar-refractivity contribution >= 4 is 33.3 Å². The molecule has 1 rings (SSSR count). The molecule has 1 aromatic heterocycles. The Hall–Kier alpha value is -0.280. The SMILES string of the molecule is CCC(C)(C)N(C)c1ncc(Cl)cc1Br. The minimum Gasteiger partial charge on any atom is -0.354 e. The Morgan fingerprint density at radius 2 is 2.13 bits per heavy atom. The molecule has 0 saturated carbocycles. The van der Waals surface area contributed by atoms with Crippen LogP contribution in [0.4, 0.5) is 5.82 Å². The fourth-order valence-corrected chi connectivity index (χ4v) is 2.08. The van der Waals surface area contributed by atoms with Crippen molar-refractivity contribution in [3.05, 3.63) is 21.8 Å². The molecule has 1 heterocycles. The first-order valence-corrected chi connectivity index (χ1v) is 6.10. The van der Waals surface area contributed by atoms with E-state index in [1.54, 1.807) is 6.20 Å². The van der Waals surface area contributed by atoms with Crippen LogP contribution in [0, 0.1) is 0 Å². The van der Waals surface area contributed by atoms with Crippen molar-refractivity contribution < 1.29 is 0 Å². The molecule has 0 aliphatic heterocycles. The van der Waals surface area contributed by atoms with E-state index in [0.717, 1.165) is 16.7 Å². The quantitative estimate of drug-likeness (QED) is 0.832. The first kappa shape index (κ1) is 12.8. The van der Waals surface area contributed by atoms with Crippen LogP contribution >= 0.6 is 27.5 Å². The van der Waals surface area contributed by atoms with Crippen molar-refractivity contribution in [1.82, 2.24) is 4.98 Å². The lowest BCUT2D eigenvalue weighted by molar-refractivity contribution is 0.466. The summed E-state index contributed by atoms with van der Waals surface area (Å²) in [4.78, 5) is 6.50. The molecule has 4 heteroatoms. The summed E-state index contributed by atoms with van der Waals surface area (Å²) in [6, 6.07) is 1.87. The molecule has 84 valence electrons. The molecule has 1 aromatic rings. The van der Waals surface area contributed by atoms with Crippen LogP contribution in [0.3, 0.4) is 0 Å². The molecule has 0 saturated heterocycles. The number of nitrogens with zero attached hydrogens (tertiary/aromatic N) is 2. The fourth-order valence-electron chi connectivity index (χ4n) is 1.18. The highest BCUT2D eigenvalue weighted by atomic mass is 79.9. The minimum atomic E-state index is 0.0867. The van der Waals surface area contributed by atoms with Gasteiger partial charge in [-0.05, 0) is 42.3 Å². The largest absolute Gasteiger partial charge is 0.354 e. The van der Waals surface area contributed by atoms with E-state index in [2.05, 4.69) is 46.6 Å². The van der Waals surface area contributed by atoms with Gasteiger partial charge < -0.3 is 4.90 Å². The van der Waals surface area contributed by atoms with Crippen molar-refractivity contribution in [3.8, 4) is 0 Å². The number of aromatic nitrogens is 1. The molecule has 15 heavy (non-hydrogen) atoms. The molecule has 0 spiro atoms.